The molecule has 1 atom stereocenters. The van der Waals surface area contributed by atoms with Crippen LogP contribution in [0.5, 0.6) is 0 Å². The molecule has 22 heavy (non-hydrogen) atoms. The number of aromatic nitrogens is 2. The Kier molecular flexibility index (Phi) is 4.24. The number of hydrogen-bond acceptors (Lipinski definition) is 3. The largest absolute Gasteiger partial charge is 0.335 e. The SMILES string of the molecule is CCn1cc(C(=O)N2CCN(C)C(c3ccccc3)C2)cn1. The maximum Gasteiger partial charge on any atom is 0.257 e. The monoisotopic (exact) mass is 298 g/mol. The van der Waals surface area contributed by atoms with E-state index in [2.05, 4.69) is 41.3 Å². The zero-order valence-corrected chi connectivity index (χ0v) is 13.1. The van der Waals surface area contributed by atoms with E-state index in [-0.39, 0.29) is 11.9 Å². The molecule has 1 fully saturated rings. The van der Waals surface area contributed by atoms with Gasteiger partial charge in [-0.25, -0.2) is 0 Å². The summed E-state index contributed by atoms with van der Waals surface area (Å²) in [7, 11) is 2.12. The highest BCUT2D eigenvalue weighted by atomic mass is 16.2. The molecule has 1 aromatic carbocycles. The van der Waals surface area contributed by atoms with Gasteiger partial charge >= 0.3 is 0 Å². The summed E-state index contributed by atoms with van der Waals surface area (Å²) in [6.45, 7) is 5.16. The Bertz CT molecular complexity index is 637. The number of benzene rings is 1. The second-order valence-corrected chi connectivity index (χ2v) is 5.74. The predicted molar refractivity (Wildman–Crippen MR) is 85.6 cm³/mol. The third kappa shape index (κ3) is 2.90. The van der Waals surface area contributed by atoms with Crippen molar-refractivity contribution in [3.8, 4) is 0 Å². The quantitative estimate of drug-likeness (QED) is 0.870. The van der Waals surface area contributed by atoms with Crippen molar-refractivity contribution in [3.05, 3.63) is 53.9 Å². The Balaban J connectivity index is 1.76. The summed E-state index contributed by atoms with van der Waals surface area (Å²) in [5, 5.41) is 4.20. The van der Waals surface area contributed by atoms with E-state index in [0.29, 0.717) is 5.56 Å². The van der Waals surface area contributed by atoms with Crippen LogP contribution >= 0.6 is 0 Å². The smallest absolute Gasteiger partial charge is 0.257 e. The van der Waals surface area contributed by atoms with Gasteiger partial charge in [0.1, 0.15) is 0 Å². The Morgan fingerprint density at radius 3 is 2.73 bits per heavy atom. The predicted octanol–water partition coefficient (Wildman–Crippen LogP) is 2.03. The van der Waals surface area contributed by atoms with Crippen LogP contribution in [0.1, 0.15) is 28.9 Å². The number of carbonyl (C=O) groups is 1. The van der Waals surface area contributed by atoms with Gasteiger partial charge in [0.15, 0.2) is 0 Å². The van der Waals surface area contributed by atoms with Crippen molar-refractivity contribution in [2.24, 2.45) is 0 Å². The lowest BCUT2D eigenvalue weighted by Gasteiger charge is -2.39. The van der Waals surface area contributed by atoms with Crippen molar-refractivity contribution in [1.82, 2.24) is 19.6 Å². The number of carbonyl (C=O) groups excluding carboxylic acids is 1. The topological polar surface area (TPSA) is 41.4 Å². The van der Waals surface area contributed by atoms with Crippen molar-refractivity contribution in [3.63, 3.8) is 0 Å². The average Bonchev–Trinajstić information content (AvgIpc) is 3.04. The molecule has 1 amide bonds. The van der Waals surface area contributed by atoms with Crippen LogP contribution in [0.4, 0.5) is 0 Å². The highest BCUT2D eigenvalue weighted by Crippen LogP contribution is 2.24. The first kappa shape index (κ1) is 14.8. The molecule has 0 aliphatic carbocycles. The summed E-state index contributed by atoms with van der Waals surface area (Å²) < 4.78 is 1.79. The van der Waals surface area contributed by atoms with Gasteiger partial charge in [-0.3, -0.25) is 14.4 Å². The average molecular weight is 298 g/mol. The van der Waals surface area contributed by atoms with Crippen LogP contribution < -0.4 is 0 Å². The van der Waals surface area contributed by atoms with Crippen LogP contribution in [0.2, 0.25) is 0 Å². The minimum atomic E-state index is 0.0775. The molecule has 0 saturated carbocycles. The fourth-order valence-corrected chi connectivity index (χ4v) is 2.92. The van der Waals surface area contributed by atoms with Crippen molar-refractivity contribution in [2.75, 3.05) is 26.7 Å². The molecule has 3 rings (SSSR count). The Labute approximate surface area is 131 Å². The van der Waals surface area contributed by atoms with E-state index < -0.39 is 0 Å². The number of piperazine rings is 1. The van der Waals surface area contributed by atoms with E-state index in [4.69, 9.17) is 0 Å². The first-order chi connectivity index (χ1) is 10.7. The Morgan fingerprint density at radius 2 is 2.05 bits per heavy atom. The van der Waals surface area contributed by atoms with Gasteiger partial charge in [-0.2, -0.15) is 5.10 Å². The van der Waals surface area contributed by atoms with E-state index >= 15 is 0 Å². The second-order valence-electron chi connectivity index (χ2n) is 5.74. The first-order valence-corrected chi connectivity index (χ1v) is 7.76. The van der Waals surface area contributed by atoms with Gasteiger partial charge < -0.3 is 4.90 Å². The van der Waals surface area contributed by atoms with E-state index in [0.717, 1.165) is 26.2 Å². The van der Waals surface area contributed by atoms with E-state index in [1.807, 2.05) is 24.1 Å². The van der Waals surface area contributed by atoms with E-state index in [1.165, 1.54) is 5.56 Å². The first-order valence-electron chi connectivity index (χ1n) is 7.76. The molecule has 1 aliphatic heterocycles. The lowest BCUT2D eigenvalue weighted by molar-refractivity contribution is 0.0546. The number of aryl methyl sites for hydroxylation is 1. The maximum atomic E-state index is 12.7. The third-order valence-corrected chi connectivity index (χ3v) is 4.32. The molecule has 5 heteroatoms. The molecule has 0 bridgehead atoms. The molecule has 1 unspecified atom stereocenters. The zero-order valence-electron chi connectivity index (χ0n) is 13.1. The van der Waals surface area contributed by atoms with Gasteiger partial charge in [-0.05, 0) is 19.5 Å². The summed E-state index contributed by atoms with van der Waals surface area (Å²) in [4.78, 5) is 16.9. The zero-order chi connectivity index (χ0) is 15.5. The summed E-state index contributed by atoms with van der Waals surface area (Å²) in [5.74, 6) is 0.0775. The number of amides is 1. The van der Waals surface area contributed by atoms with Crippen LogP contribution in [0.15, 0.2) is 42.7 Å². The molecule has 0 radical (unpaired) electrons. The number of hydrogen-bond donors (Lipinski definition) is 0. The van der Waals surface area contributed by atoms with Gasteiger partial charge in [0, 0.05) is 32.4 Å². The van der Waals surface area contributed by atoms with Gasteiger partial charge in [0.05, 0.1) is 17.8 Å². The third-order valence-electron chi connectivity index (χ3n) is 4.32. The van der Waals surface area contributed by atoms with Crippen molar-refractivity contribution >= 4 is 5.91 Å². The lowest BCUT2D eigenvalue weighted by atomic mass is 10.0. The van der Waals surface area contributed by atoms with E-state index in [9.17, 15) is 4.79 Å². The number of nitrogens with zero attached hydrogens (tertiary/aromatic N) is 4. The molecule has 1 aromatic heterocycles. The van der Waals surface area contributed by atoms with Crippen molar-refractivity contribution in [2.45, 2.75) is 19.5 Å². The fraction of sp³-hybridized carbons (Fsp3) is 0.412. The molecular formula is C17H22N4O. The van der Waals surface area contributed by atoms with Crippen LogP contribution in [0.25, 0.3) is 0 Å². The summed E-state index contributed by atoms with van der Waals surface area (Å²) in [6.07, 6.45) is 3.50. The van der Waals surface area contributed by atoms with Gasteiger partial charge in [0.25, 0.3) is 5.91 Å². The number of rotatable bonds is 3. The van der Waals surface area contributed by atoms with Gasteiger partial charge in [-0.15, -0.1) is 0 Å². The second kappa shape index (κ2) is 6.32. The molecule has 1 aliphatic rings. The summed E-state index contributed by atoms with van der Waals surface area (Å²) >= 11 is 0. The molecule has 2 heterocycles. The van der Waals surface area contributed by atoms with Crippen molar-refractivity contribution < 1.29 is 4.79 Å². The Morgan fingerprint density at radius 1 is 1.27 bits per heavy atom. The molecule has 0 N–H and O–H groups in total. The normalized spacial score (nSPS) is 19.4. The molecule has 0 spiro atoms. The standard InChI is InChI=1S/C17H22N4O/c1-3-21-12-15(11-18-21)17(22)20-10-9-19(2)16(13-20)14-7-5-4-6-8-14/h4-8,11-12,16H,3,9-10,13H2,1-2H3. The summed E-state index contributed by atoms with van der Waals surface area (Å²) in [6, 6.07) is 10.6. The lowest BCUT2D eigenvalue weighted by Crippen LogP contribution is -2.48. The Hall–Kier alpha value is -2.14. The molecular weight excluding hydrogens is 276 g/mol. The van der Waals surface area contributed by atoms with Gasteiger partial charge in [-0.1, -0.05) is 30.3 Å². The van der Waals surface area contributed by atoms with E-state index in [1.54, 1.807) is 10.9 Å². The van der Waals surface area contributed by atoms with Crippen LogP contribution in [0, 0.1) is 0 Å². The minimum Gasteiger partial charge on any atom is -0.335 e. The van der Waals surface area contributed by atoms with Crippen LogP contribution in [-0.4, -0.2) is 52.2 Å². The van der Waals surface area contributed by atoms with Crippen LogP contribution in [-0.2, 0) is 6.54 Å². The minimum absolute atomic E-state index is 0.0775. The molecule has 5 nitrogen and oxygen atoms in total. The maximum absolute atomic E-state index is 12.7. The van der Waals surface area contributed by atoms with Crippen LogP contribution in [0.3, 0.4) is 0 Å². The fourth-order valence-electron chi connectivity index (χ4n) is 2.92. The van der Waals surface area contributed by atoms with Gasteiger partial charge in [0.2, 0.25) is 0 Å². The molecule has 1 saturated heterocycles. The highest BCUT2D eigenvalue weighted by molar-refractivity contribution is 5.93. The summed E-state index contributed by atoms with van der Waals surface area (Å²) in [5.41, 5.74) is 1.94. The highest BCUT2D eigenvalue weighted by Gasteiger charge is 2.29. The molecule has 2 aromatic rings. The molecule has 116 valence electrons. The number of likely N-dealkylation sites (N-methyl/N-ethyl adjacent to an activating group) is 1. The van der Waals surface area contributed by atoms with Crippen molar-refractivity contribution in [1.29, 1.82) is 0 Å².